The van der Waals surface area contributed by atoms with Gasteiger partial charge in [-0.2, -0.15) is 5.21 Å². The first-order chi connectivity index (χ1) is 5.93. The zero-order valence-corrected chi connectivity index (χ0v) is 7.29. The molecule has 1 heterocycles. The van der Waals surface area contributed by atoms with E-state index in [9.17, 15) is 0 Å². The van der Waals surface area contributed by atoms with Crippen molar-refractivity contribution in [3.63, 3.8) is 0 Å². The van der Waals surface area contributed by atoms with Gasteiger partial charge in [0.25, 0.3) is 0 Å². The quantitative estimate of drug-likeness (QED) is 0.633. The molecule has 12 heavy (non-hydrogen) atoms. The van der Waals surface area contributed by atoms with Crippen LogP contribution in [-0.4, -0.2) is 33.8 Å². The van der Waals surface area contributed by atoms with Gasteiger partial charge in [0, 0.05) is 13.0 Å². The molecule has 0 unspecified atom stereocenters. The molecule has 0 aliphatic heterocycles. The third-order valence-electron chi connectivity index (χ3n) is 1.50. The maximum atomic E-state index is 5.33. The fraction of sp³-hybridized carbons (Fsp3) is 0.857. The molecule has 5 heteroatoms. The van der Waals surface area contributed by atoms with Crippen molar-refractivity contribution in [1.29, 1.82) is 0 Å². The highest BCUT2D eigenvalue weighted by Crippen LogP contribution is 1.90. The second kappa shape index (κ2) is 5.65. The summed E-state index contributed by atoms with van der Waals surface area (Å²) in [6, 6.07) is 0. The van der Waals surface area contributed by atoms with Crippen molar-refractivity contribution in [2.45, 2.75) is 26.2 Å². The minimum atomic E-state index is 0.680. The zero-order valence-electron chi connectivity index (χ0n) is 7.29. The Balaban J connectivity index is 1.96. The highest BCUT2D eigenvalue weighted by atomic mass is 16.5. The van der Waals surface area contributed by atoms with Crippen molar-refractivity contribution in [2.24, 2.45) is 0 Å². The molecule has 68 valence electrons. The molecule has 0 fully saturated rings. The number of ether oxygens (including phenoxy) is 1. The number of tetrazole rings is 1. The van der Waals surface area contributed by atoms with Crippen LogP contribution in [0.25, 0.3) is 0 Å². The highest BCUT2D eigenvalue weighted by molar-refractivity contribution is 4.74. The summed E-state index contributed by atoms with van der Waals surface area (Å²) >= 11 is 0. The Morgan fingerprint density at radius 3 is 3.00 bits per heavy atom. The molecule has 0 amide bonds. The summed E-state index contributed by atoms with van der Waals surface area (Å²) in [6.07, 6.45) is 3.02. The number of hydrogen-bond donors (Lipinski definition) is 1. The van der Waals surface area contributed by atoms with Crippen LogP contribution in [0.1, 0.15) is 25.6 Å². The van der Waals surface area contributed by atoms with E-state index in [1.165, 1.54) is 6.42 Å². The Bertz CT molecular complexity index is 187. The van der Waals surface area contributed by atoms with E-state index in [0.29, 0.717) is 12.4 Å². The molecule has 1 aromatic rings. The van der Waals surface area contributed by atoms with Crippen LogP contribution < -0.4 is 0 Å². The van der Waals surface area contributed by atoms with Crippen LogP contribution >= 0.6 is 0 Å². The highest BCUT2D eigenvalue weighted by Gasteiger charge is 1.96. The maximum absolute atomic E-state index is 5.33. The van der Waals surface area contributed by atoms with Crippen molar-refractivity contribution in [2.75, 3.05) is 13.2 Å². The summed E-state index contributed by atoms with van der Waals surface area (Å²) < 4.78 is 5.33. The van der Waals surface area contributed by atoms with Gasteiger partial charge in [0.1, 0.15) is 0 Å². The number of hydrogen-bond acceptors (Lipinski definition) is 4. The van der Waals surface area contributed by atoms with Crippen molar-refractivity contribution in [3.05, 3.63) is 5.82 Å². The first-order valence-electron chi connectivity index (χ1n) is 4.23. The van der Waals surface area contributed by atoms with E-state index in [2.05, 4.69) is 27.5 Å². The molecule has 1 N–H and O–H groups in total. The van der Waals surface area contributed by atoms with Gasteiger partial charge in [-0.05, 0) is 6.42 Å². The predicted octanol–water partition coefficient (Wildman–Crippen LogP) is 0.559. The molecule has 0 saturated carbocycles. The topological polar surface area (TPSA) is 63.7 Å². The molecule has 1 aromatic heterocycles. The van der Waals surface area contributed by atoms with Crippen molar-refractivity contribution < 1.29 is 4.74 Å². The van der Waals surface area contributed by atoms with Gasteiger partial charge in [-0.3, -0.25) is 0 Å². The lowest BCUT2D eigenvalue weighted by molar-refractivity contribution is 0.133. The van der Waals surface area contributed by atoms with Crippen LogP contribution in [0.2, 0.25) is 0 Å². The number of H-pyrrole nitrogens is 1. The third-order valence-corrected chi connectivity index (χ3v) is 1.50. The van der Waals surface area contributed by atoms with E-state index in [-0.39, 0.29) is 0 Å². The molecule has 0 atom stereocenters. The number of rotatable bonds is 6. The van der Waals surface area contributed by atoms with Gasteiger partial charge in [-0.25, -0.2) is 0 Å². The van der Waals surface area contributed by atoms with E-state index in [1.54, 1.807) is 0 Å². The lowest BCUT2D eigenvalue weighted by Crippen LogP contribution is -2.01. The molecule has 0 aromatic carbocycles. The largest absolute Gasteiger partial charge is 0.381 e. The van der Waals surface area contributed by atoms with Crippen LogP contribution in [-0.2, 0) is 11.2 Å². The normalized spacial score (nSPS) is 10.4. The minimum absolute atomic E-state index is 0.680. The second-order valence-electron chi connectivity index (χ2n) is 2.54. The summed E-state index contributed by atoms with van der Waals surface area (Å²) in [5.74, 6) is 0.714. The van der Waals surface area contributed by atoms with Crippen molar-refractivity contribution in [3.8, 4) is 0 Å². The Labute approximate surface area is 71.5 Å². The Kier molecular flexibility index (Phi) is 4.30. The van der Waals surface area contributed by atoms with Crippen LogP contribution in [0.4, 0.5) is 0 Å². The molecule has 0 radical (unpaired) electrons. The van der Waals surface area contributed by atoms with E-state index < -0.39 is 0 Å². The smallest absolute Gasteiger partial charge is 0.176 e. The van der Waals surface area contributed by atoms with Crippen LogP contribution in [0.5, 0.6) is 0 Å². The van der Waals surface area contributed by atoms with Gasteiger partial charge in [-0.15, -0.1) is 10.2 Å². The Morgan fingerprint density at radius 2 is 2.33 bits per heavy atom. The van der Waals surface area contributed by atoms with Gasteiger partial charge in [0.15, 0.2) is 5.82 Å². The lowest BCUT2D eigenvalue weighted by Gasteiger charge is -1.99. The lowest BCUT2D eigenvalue weighted by atomic mass is 10.4. The molecule has 0 spiro atoms. The van der Waals surface area contributed by atoms with E-state index in [0.717, 1.165) is 19.4 Å². The molecular formula is C7H14N4O. The van der Waals surface area contributed by atoms with Crippen LogP contribution in [0, 0.1) is 0 Å². The summed E-state index contributed by atoms with van der Waals surface area (Å²) in [6.45, 7) is 3.65. The molecule has 0 aliphatic carbocycles. The molecule has 0 aliphatic rings. The van der Waals surface area contributed by atoms with Crippen LogP contribution in [0.15, 0.2) is 0 Å². The average molecular weight is 170 g/mol. The predicted molar refractivity (Wildman–Crippen MR) is 43.6 cm³/mol. The van der Waals surface area contributed by atoms with E-state index >= 15 is 0 Å². The first kappa shape index (κ1) is 9.12. The first-order valence-corrected chi connectivity index (χ1v) is 4.23. The number of unbranched alkanes of at least 4 members (excludes halogenated alkanes) is 1. The summed E-state index contributed by atoms with van der Waals surface area (Å²) in [5, 5.41) is 13.5. The standard InChI is InChI=1S/C7H14N4O/c1-2-3-5-12-6-4-7-8-10-11-9-7/h2-6H2,1H3,(H,8,9,10,11). The molecular weight excluding hydrogens is 156 g/mol. The third kappa shape index (κ3) is 3.43. The number of aromatic nitrogens is 4. The van der Waals surface area contributed by atoms with Gasteiger partial charge in [0.05, 0.1) is 6.61 Å². The van der Waals surface area contributed by atoms with Crippen molar-refractivity contribution in [1.82, 2.24) is 20.6 Å². The summed E-state index contributed by atoms with van der Waals surface area (Å²) in [7, 11) is 0. The van der Waals surface area contributed by atoms with Gasteiger partial charge in [0.2, 0.25) is 0 Å². The zero-order chi connectivity index (χ0) is 8.65. The minimum Gasteiger partial charge on any atom is -0.381 e. The monoisotopic (exact) mass is 170 g/mol. The molecule has 0 bridgehead atoms. The second-order valence-corrected chi connectivity index (χ2v) is 2.54. The van der Waals surface area contributed by atoms with Crippen LogP contribution in [0.3, 0.4) is 0 Å². The SMILES string of the molecule is CCCCOCCc1nn[nH]n1. The Morgan fingerprint density at radius 1 is 1.42 bits per heavy atom. The molecule has 5 nitrogen and oxygen atoms in total. The summed E-state index contributed by atoms with van der Waals surface area (Å²) in [4.78, 5) is 0. The molecule has 0 saturated heterocycles. The number of aromatic amines is 1. The maximum Gasteiger partial charge on any atom is 0.176 e. The average Bonchev–Trinajstić information content (AvgIpc) is 2.57. The fourth-order valence-corrected chi connectivity index (χ4v) is 0.800. The van der Waals surface area contributed by atoms with Gasteiger partial charge in [-0.1, -0.05) is 18.6 Å². The molecule has 1 rings (SSSR count). The number of nitrogens with zero attached hydrogens (tertiary/aromatic N) is 3. The number of nitrogens with one attached hydrogen (secondary N) is 1. The fourth-order valence-electron chi connectivity index (χ4n) is 0.800. The van der Waals surface area contributed by atoms with Gasteiger partial charge < -0.3 is 4.74 Å². The van der Waals surface area contributed by atoms with Crippen molar-refractivity contribution >= 4 is 0 Å². The Hall–Kier alpha value is -0.970. The van der Waals surface area contributed by atoms with E-state index in [1.807, 2.05) is 0 Å². The van der Waals surface area contributed by atoms with E-state index in [4.69, 9.17) is 4.74 Å². The van der Waals surface area contributed by atoms with Gasteiger partial charge >= 0.3 is 0 Å². The summed E-state index contributed by atoms with van der Waals surface area (Å²) in [5.41, 5.74) is 0.